The Bertz CT molecular complexity index is 653. The molecule has 1 saturated heterocycles. The Hall–Kier alpha value is -1.71. The predicted molar refractivity (Wildman–Crippen MR) is 76.3 cm³/mol. The second-order valence-electron chi connectivity index (χ2n) is 5.23. The van der Waals surface area contributed by atoms with Crippen molar-refractivity contribution < 1.29 is 18.1 Å². The fourth-order valence-electron chi connectivity index (χ4n) is 2.25. The van der Waals surface area contributed by atoms with Gasteiger partial charge in [-0.3, -0.25) is 10.1 Å². The molecule has 1 aliphatic rings. The Morgan fingerprint density at radius 2 is 2.00 bits per heavy atom. The molecule has 3 N–H and O–H groups in total. The van der Waals surface area contributed by atoms with Crippen LogP contribution in [0.15, 0.2) is 23.1 Å². The maximum absolute atomic E-state index is 12.5. The van der Waals surface area contributed by atoms with Gasteiger partial charge in [0, 0.05) is 18.8 Å². The lowest BCUT2D eigenvalue weighted by Crippen LogP contribution is -2.49. The number of rotatable bonds is 4. The SMILES string of the molecule is CC1(NS(=O)(=O)c2cccc(N)c2[N+](=O)[O-])CCOCC1. The zero-order valence-corrected chi connectivity index (χ0v) is 12.4. The number of nitrogen functional groups attached to an aromatic ring is 1. The molecule has 0 saturated carbocycles. The van der Waals surface area contributed by atoms with Gasteiger partial charge in [0.1, 0.15) is 5.69 Å². The van der Waals surface area contributed by atoms with E-state index in [1.807, 2.05) is 0 Å². The van der Waals surface area contributed by atoms with Crippen molar-refractivity contribution in [3.63, 3.8) is 0 Å². The van der Waals surface area contributed by atoms with Crippen molar-refractivity contribution in [2.24, 2.45) is 0 Å². The van der Waals surface area contributed by atoms with E-state index in [1.165, 1.54) is 18.2 Å². The maximum Gasteiger partial charge on any atom is 0.312 e. The topological polar surface area (TPSA) is 125 Å². The molecule has 0 aliphatic carbocycles. The smallest absolute Gasteiger partial charge is 0.312 e. The van der Waals surface area contributed by atoms with Gasteiger partial charge < -0.3 is 10.5 Å². The van der Waals surface area contributed by atoms with Crippen LogP contribution in [0.4, 0.5) is 11.4 Å². The number of para-hydroxylation sites is 1. The molecule has 1 heterocycles. The highest BCUT2D eigenvalue weighted by Crippen LogP contribution is 2.31. The highest BCUT2D eigenvalue weighted by molar-refractivity contribution is 7.89. The van der Waals surface area contributed by atoms with Crippen molar-refractivity contribution >= 4 is 21.4 Å². The Morgan fingerprint density at radius 1 is 1.38 bits per heavy atom. The average Bonchev–Trinajstić information content (AvgIpc) is 2.37. The van der Waals surface area contributed by atoms with Gasteiger partial charge in [-0.1, -0.05) is 6.07 Å². The molecule has 0 bridgehead atoms. The molecule has 8 nitrogen and oxygen atoms in total. The molecule has 1 aromatic carbocycles. The quantitative estimate of drug-likeness (QED) is 0.485. The van der Waals surface area contributed by atoms with E-state index in [0.29, 0.717) is 26.1 Å². The van der Waals surface area contributed by atoms with E-state index in [4.69, 9.17) is 10.5 Å². The van der Waals surface area contributed by atoms with Gasteiger partial charge in [0.2, 0.25) is 10.0 Å². The van der Waals surface area contributed by atoms with Crippen LogP contribution in [0.25, 0.3) is 0 Å². The number of ether oxygens (including phenoxy) is 1. The lowest BCUT2D eigenvalue weighted by Gasteiger charge is -2.33. The number of nitro groups is 1. The number of hydrogen-bond donors (Lipinski definition) is 2. The molecule has 9 heteroatoms. The van der Waals surface area contributed by atoms with Crippen LogP contribution in [0.2, 0.25) is 0 Å². The number of hydrogen-bond acceptors (Lipinski definition) is 6. The van der Waals surface area contributed by atoms with E-state index >= 15 is 0 Å². The monoisotopic (exact) mass is 315 g/mol. The fraction of sp³-hybridized carbons (Fsp3) is 0.500. The molecular formula is C12H17N3O5S. The van der Waals surface area contributed by atoms with E-state index in [2.05, 4.69) is 4.72 Å². The molecule has 0 radical (unpaired) electrons. The van der Waals surface area contributed by atoms with Gasteiger partial charge in [-0.2, -0.15) is 0 Å². The molecule has 0 amide bonds. The zero-order valence-electron chi connectivity index (χ0n) is 11.5. The Kier molecular flexibility index (Phi) is 4.17. The van der Waals surface area contributed by atoms with Gasteiger partial charge in [-0.05, 0) is 31.9 Å². The van der Waals surface area contributed by atoms with Crippen LogP contribution < -0.4 is 10.5 Å². The standard InChI is InChI=1S/C12H17N3O5S/c1-12(5-7-20-8-6-12)14-21(18,19)10-4-2-3-9(13)11(10)15(16)17/h2-4,14H,5-8,13H2,1H3. The number of nitro benzene ring substituents is 1. The molecular weight excluding hydrogens is 298 g/mol. The number of nitrogens with one attached hydrogen (secondary N) is 1. The summed E-state index contributed by atoms with van der Waals surface area (Å²) in [5.74, 6) is 0. The van der Waals surface area contributed by atoms with Crippen LogP contribution in [-0.2, 0) is 14.8 Å². The van der Waals surface area contributed by atoms with Crippen LogP contribution in [0.3, 0.4) is 0 Å². The molecule has 116 valence electrons. The molecule has 0 atom stereocenters. The van der Waals surface area contributed by atoms with Crippen molar-refractivity contribution in [3.8, 4) is 0 Å². The minimum Gasteiger partial charge on any atom is -0.393 e. The molecule has 0 unspecified atom stereocenters. The lowest BCUT2D eigenvalue weighted by atomic mass is 9.94. The largest absolute Gasteiger partial charge is 0.393 e. The summed E-state index contributed by atoms with van der Waals surface area (Å²) in [6, 6.07) is 3.86. The summed E-state index contributed by atoms with van der Waals surface area (Å²) < 4.78 is 32.7. The van der Waals surface area contributed by atoms with Gasteiger partial charge in [-0.15, -0.1) is 0 Å². The summed E-state index contributed by atoms with van der Waals surface area (Å²) in [5, 5.41) is 11.1. The minimum absolute atomic E-state index is 0.181. The van der Waals surface area contributed by atoms with E-state index in [-0.39, 0.29) is 5.69 Å². The maximum atomic E-state index is 12.5. The predicted octanol–water partition coefficient (Wildman–Crippen LogP) is 1.02. The molecule has 0 aromatic heterocycles. The molecule has 21 heavy (non-hydrogen) atoms. The van der Waals surface area contributed by atoms with Crippen molar-refractivity contribution in [3.05, 3.63) is 28.3 Å². The van der Waals surface area contributed by atoms with Gasteiger partial charge >= 0.3 is 5.69 Å². The molecule has 2 rings (SSSR count). The Balaban J connectivity index is 2.40. The lowest BCUT2D eigenvalue weighted by molar-refractivity contribution is -0.386. The molecule has 0 spiro atoms. The van der Waals surface area contributed by atoms with Crippen LogP contribution >= 0.6 is 0 Å². The van der Waals surface area contributed by atoms with E-state index < -0.39 is 31.1 Å². The summed E-state index contributed by atoms with van der Waals surface area (Å²) in [7, 11) is -4.04. The van der Waals surface area contributed by atoms with Crippen LogP contribution in [0, 0.1) is 10.1 Å². The van der Waals surface area contributed by atoms with Gasteiger partial charge in [0.15, 0.2) is 4.90 Å². The summed E-state index contributed by atoms with van der Waals surface area (Å²) in [4.78, 5) is 9.88. The summed E-state index contributed by atoms with van der Waals surface area (Å²) >= 11 is 0. The second kappa shape index (κ2) is 5.58. The van der Waals surface area contributed by atoms with E-state index in [0.717, 1.165) is 0 Å². The summed E-state index contributed by atoms with van der Waals surface area (Å²) in [6.45, 7) is 2.64. The van der Waals surface area contributed by atoms with Crippen molar-refractivity contribution in [1.29, 1.82) is 0 Å². The van der Waals surface area contributed by atoms with E-state index in [1.54, 1.807) is 6.92 Å². The molecule has 1 aliphatic heterocycles. The first-order valence-electron chi connectivity index (χ1n) is 6.40. The first-order chi connectivity index (χ1) is 9.75. The van der Waals surface area contributed by atoms with Crippen molar-refractivity contribution in [1.82, 2.24) is 4.72 Å². The third kappa shape index (κ3) is 3.31. The van der Waals surface area contributed by atoms with Gasteiger partial charge in [-0.25, -0.2) is 13.1 Å². The van der Waals surface area contributed by atoms with Gasteiger partial charge in [0.05, 0.1) is 4.92 Å². The summed E-state index contributed by atoms with van der Waals surface area (Å²) in [6.07, 6.45) is 1.00. The van der Waals surface area contributed by atoms with Crippen molar-refractivity contribution in [2.45, 2.75) is 30.2 Å². The third-order valence-corrected chi connectivity index (χ3v) is 5.15. The second-order valence-corrected chi connectivity index (χ2v) is 6.88. The molecule has 1 aromatic rings. The Morgan fingerprint density at radius 3 is 2.57 bits per heavy atom. The Labute approximate surface area is 122 Å². The van der Waals surface area contributed by atoms with Crippen molar-refractivity contribution in [2.75, 3.05) is 18.9 Å². The number of nitrogens with two attached hydrogens (primary N) is 1. The van der Waals surface area contributed by atoms with E-state index in [9.17, 15) is 18.5 Å². The summed E-state index contributed by atoms with van der Waals surface area (Å²) in [5.41, 5.74) is 4.07. The first kappa shape index (κ1) is 15.7. The van der Waals surface area contributed by atoms with Crippen LogP contribution in [0.5, 0.6) is 0 Å². The first-order valence-corrected chi connectivity index (χ1v) is 7.88. The highest BCUT2D eigenvalue weighted by atomic mass is 32.2. The number of sulfonamides is 1. The van der Waals surface area contributed by atoms with Crippen LogP contribution in [0.1, 0.15) is 19.8 Å². The highest BCUT2D eigenvalue weighted by Gasteiger charge is 2.36. The van der Waals surface area contributed by atoms with Crippen LogP contribution in [-0.4, -0.2) is 32.1 Å². The number of nitrogens with zero attached hydrogens (tertiary/aromatic N) is 1. The number of anilines is 1. The molecule has 1 fully saturated rings. The fourth-order valence-corrected chi connectivity index (χ4v) is 3.92. The minimum atomic E-state index is -4.04. The normalized spacial score (nSPS) is 18.3. The number of benzene rings is 1. The third-order valence-electron chi connectivity index (χ3n) is 3.48. The average molecular weight is 315 g/mol. The van der Waals surface area contributed by atoms with Gasteiger partial charge in [0.25, 0.3) is 0 Å². The zero-order chi connectivity index (χ0) is 15.7.